The van der Waals surface area contributed by atoms with Crippen molar-refractivity contribution in [2.24, 2.45) is 10.9 Å². The minimum atomic E-state index is -0.300. The monoisotopic (exact) mass is 360 g/mol. The van der Waals surface area contributed by atoms with Crippen LogP contribution < -0.4 is 0 Å². The zero-order valence-electron chi connectivity index (χ0n) is 13.4. The number of rotatable bonds is 4. The summed E-state index contributed by atoms with van der Waals surface area (Å²) in [5.41, 5.74) is 0.637. The zero-order chi connectivity index (χ0) is 17.1. The number of halogens is 1. The van der Waals surface area contributed by atoms with Gasteiger partial charge in [0.1, 0.15) is 5.82 Å². The quantitative estimate of drug-likeness (QED) is 0.707. The number of amides is 1. The lowest BCUT2D eigenvalue weighted by molar-refractivity contribution is -0.122. The van der Waals surface area contributed by atoms with Gasteiger partial charge in [-0.1, -0.05) is 19.9 Å². The van der Waals surface area contributed by atoms with Crippen molar-refractivity contribution in [2.75, 3.05) is 6.54 Å². The summed E-state index contributed by atoms with van der Waals surface area (Å²) in [6.07, 6.45) is 1.90. The van der Waals surface area contributed by atoms with E-state index in [1.165, 1.54) is 23.9 Å². The summed E-state index contributed by atoms with van der Waals surface area (Å²) in [7, 11) is 0. The SMILES string of the molecule is CC(C)CN1C(=O)/C(=C\c2cccs2)SC1=Nc1ccc(F)cc1. The molecule has 3 rings (SSSR count). The van der Waals surface area contributed by atoms with Crippen LogP contribution in [0.25, 0.3) is 6.08 Å². The Bertz CT molecular complexity index is 780. The molecule has 1 aromatic heterocycles. The van der Waals surface area contributed by atoms with Gasteiger partial charge in [0.05, 0.1) is 10.6 Å². The molecule has 1 fully saturated rings. The van der Waals surface area contributed by atoms with Crippen LogP contribution in [0.3, 0.4) is 0 Å². The number of hydrogen-bond donors (Lipinski definition) is 0. The lowest BCUT2D eigenvalue weighted by Gasteiger charge is -2.17. The van der Waals surface area contributed by atoms with Gasteiger partial charge in [-0.2, -0.15) is 0 Å². The molecule has 124 valence electrons. The Hall–Kier alpha value is -1.92. The normalized spacial score (nSPS) is 18.3. The van der Waals surface area contributed by atoms with Gasteiger partial charge in [-0.05, 0) is 59.5 Å². The fourth-order valence-electron chi connectivity index (χ4n) is 2.25. The fraction of sp³-hybridized carbons (Fsp3) is 0.222. The van der Waals surface area contributed by atoms with E-state index in [0.29, 0.717) is 28.2 Å². The number of benzene rings is 1. The van der Waals surface area contributed by atoms with Crippen LogP contribution in [0.1, 0.15) is 18.7 Å². The van der Waals surface area contributed by atoms with Gasteiger partial charge in [0.25, 0.3) is 5.91 Å². The highest BCUT2D eigenvalue weighted by atomic mass is 32.2. The first-order valence-corrected chi connectivity index (χ1v) is 9.31. The molecule has 2 aromatic rings. The highest BCUT2D eigenvalue weighted by molar-refractivity contribution is 8.18. The Labute approximate surface area is 148 Å². The summed E-state index contributed by atoms with van der Waals surface area (Å²) in [4.78, 5) is 20.7. The molecule has 0 aliphatic carbocycles. The van der Waals surface area contributed by atoms with Crippen LogP contribution in [0.15, 0.2) is 51.7 Å². The number of carbonyl (C=O) groups is 1. The van der Waals surface area contributed by atoms with Crippen molar-refractivity contribution in [1.82, 2.24) is 4.90 Å². The summed E-state index contributed by atoms with van der Waals surface area (Å²) in [5.74, 6) is 0.00318. The fourth-order valence-corrected chi connectivity index (χ4v) is 3.98. The number of thiophene rings is 1. The molecule has 0 N–H and O–H groups in total. The molecule has 1 saturated heterocycles. The molecule has 1 aliphatic rings. The van der Waals surface area contributed by atoms with Gasteiger partial charge < -0.3 is 0 Å². The summed E-state index contributed by atoms with van der Waals surface area (Å²) >= 11 is 2.96. The van der Waals surface area contributed by atoms with E-state index >= 15 is 0 Å². The lowest BCUT2D eigenvalue weighted by atomic mass is 10.2. The first-order valence-electron chi connectivity index (χ1n) is 7.62. The molecule has 3 nitrogen and oxygen atoms in total. The molecule has 0 saturated carbocycles. The van der Waals surface area contributed by atoms with E-state index in [-0.39, 0.29) is 11.7 Å². The van der Waals surface area contributed by atoms with Crippen LogP contribution in [0.4, 0.5) is 10.1 Å². The second-order valence-electron chi connectivity index (χ2n) is 5.81. The van der Waals surface area contributed by atoms with Gasteiger partial charge in [0.2, 0.25) is 0 Å². The molecule has 0 spiro atoms. The van der Waals surface area contributed by atoms with Crippen molar-refractivity contribution in [3.63, 3.8) is 0 Å². The molecule has 6 heteroatoms. The summed E-state index contributed by atoms with van der Waals surface area (Å²) in [6, 6.07) is 9.91. The molecule has 0 unspecified atom stereocenters. The maximum Gasteiger partial charge on any atom is 0.266 e. The number of carbonyl (C=O) groups excluding carboxylic acids is 1. The summed E-state index contributed by atoms with van der Waals surface area (Å²) in [6.45, 7) is 4.73. The topological polar surface area (TPSA) is 32.7 Å². The van der Waals surface area contributed by atoms with Crippen LogP contribution >= 0.6 is 23.1 Å². The Morgan fingerprint density at radius 2 is 2.00 bits per heavy atom. The van der Waals surface area contributed by atoms with Gasteiger partial charge in [-0.3, -0.25) is 9.69 Å². The Morgan fingerprint density at radius 3 is 2.62 bits per heavy atom. The van der Waals surface area contributed by atoms with E-state index in [4.69, 9.17) is 0 Å². The first kappa shape index (κ1) is 16.9. The van der Waals surface area contributed by atoms with Gasteiger partial charge >= 0.3 is 0 Å². The Balaban J connectivity index is 1.93. The lowest BCUT2D eigenvalue weighted by Crippen LogP contribution is -2.32. The number of hydrogen-bond acceptors (Lipinski definition) is 4. The molecule has 24 heavy (non-hydrogen) atoms. The summed E-state index contributed by atoms with van der Waals surface area (Å²) in [5, 5.41) is 2.62. The van der Waals surface area contributed by atoms with Crippen LogP contribution in [0.5, 0.6) is 0 Å². The van der Waals surface area contributed by atoms with Crippen LogP contribution in [-0.2, 0) is 4.79 Å². The molecule has 1 amide bonds. The van der Waals surface area contributed by atoms with Gasteiger partial charge in [-0.15, -0.1) is 11.3 Å². The van der Waals surface area contributed by atoms with Crippen LogP contribution in [0.2, 0.25) is 0 Å². The van der Waals surface area contributed by atoms with E-state index < -0.39 is 0 Å². The third kappa shape index (κ3) is 3.94. The van der Waals surface area contributed by atoms with Gasteiger partial charge in [0.15, 0.2) is 5.17 Å². The van der Waals surface area contributed by atoms with Crippen molar-refractivity contribution >= 4 is 45.9 Å². The number of nitrogens with zero attached hydrogens (tertiary/aromatic N) is 2. The van der Waals surface area contributed by atoms with Gasteiger partial charge in [-0.25, -0.2) is 9.38 Å². The number of thioether (sulfide) groups is 1. The minimum absolute atomic E-state index is 0.0250. The third-order valence-corrected chi connectivity index (χ3v) is 5.13. The standard InChI is InChI=1S/C18H17FN2OS2/c1-12(2)11-21-17(22)16(10-15-4-3-9-23-15)24-18(21)20-14-7-5-13(19)6-8-14/h3-10,12H,11H2,1-2H3/b16-10+,20-18?. The second kappa shape index (κ2) is 7.32. The zero-order valence-corrected chi connectivity index (χ0v) is 15.0. The average molecular weight is 360 g/mol. The molecule has 1 aliphatic heterocycles. The Kier molecular flexibility index (Phi) is 5.16. The number of amidine groups is 1. The highest BCUT2D eigenvalue weighted by Crippen LogP contribution is 2.35. The first-order chi connectivity index (χ1) is 11.5. The smallest absolute Gasteiger partial charge is 0.266 e. The van der Waals surface area contributed by atoms with Crippen molar-refractivity contribution < 1.29 is 9.18 Å². The van der Waals surface area contributed by atoms with E-state index in [1.54, 1.807) is 28.4 Å². The van der Waals surface area contributed by atoms with Crippen LogP contribution in [-0.4, -0.2) is 22.5 Å². The predicted molar refractivity (Wildman–Crippen MR) is 99.9 cm³/mol. The van der Waals surface area contributed by atoms with E-state index in [0.717, 1.165) is 4.88 Å². The van der Waals surface area contributed by atoms with Crippen molar-refractivity contribution in [2.45, 2.75) is 13.8 Å². The van der Waals surface area contributed by atoms with Crippen molar-refractivity contribution in [3.05, 3.63) is 57.4 Å². The van der Waals surface area contributed by atoms with Crippen molar-refractivity contribution in [3.8, 4) is 0 Å². The molecule has 0 bridgehead atoms. The molecule has 0 radical (unpaired) electrons. The number of aliphatic imine (C=N–C) groups is 1. The van der Waals surface area contributed by atoms with E-state index in [1.807, 2.05) is 23.6 Å². The van der Waals surface area contributed by atoms with E-state index in [9.17, 15) is 9.18 Å². The molecule has 0 atom stereocenters. The Morgan fingerprint density at radius 1 is 1.25 bits per heavy atom. The third-order valence-electron chi connectivity index (χ3n) is 3.30. The van der Waals surface area contributed by atoms with E-state index in [2.05, 4.69) is 18.8 Å². The minimum Gasteiger partial charge on any atom is -0.286 e. The molecule has 1 aromatic carbocycles. The highest BCUT2D eigenvalue weighted by Gasteiger charge is 2.33. The average Bonchev–Trinajstić information content (AvgIpc) is 3.14. The predicted octanol–water partition coefficient (Wildman–Crippen LogP) is 5.15. The second-order valence-corrected chi connectivity index (χ2v) is 7.79. The van der Waals surface area contributed by atoms with Gasteiger partial charge in [0, 0.05) is 11.4 Å². The largest absolute Gasteiger partial charge is 0.286 e. The van der Waals surface area contributed by atoms with Crippen LogP contribution in [0, 0.1) is 11.7 Å². The molecular weight excluding hydrogens is 343 g/mol. The molecule has 2 heterocycles. The molecular formula is C18H17FN2OS2. The van der Waals surface area contributed by atoms with Crippen molar-refractivity contribution in [1.29, 1.82) is 0 Å². The maximum absolute atomic E-state index is 13.1. The maximum atomic E-state index is 13.1. The summed E-state index contributed by atoms with van der Waals surface area (Å²) < 4.78 is 13.1.